The summed E-state index contributed by atoms with van der Waals surface area (Å²) in [5.41, 5.74) is 3.40. The lowest BCUT2D eigenvalue weighted by Gasteiger charge is -2.23. The fourth-order valence-corrected chi connectivity index (χ4v) is 5.94. The molecule has 1 saturated heterocycles. The van der Waals surface area contributed by atoms with Crippen molar-refractivity contribution in [1.29, 1.82) is 0 Å². The zero-order valence-corrected chi connectivity index (χ0v) is 18.6. The second-order valence-electron chi connectivity index (χ2n) is 8.15. The quantitative estimate of drug-likeness (QED) is 0.772. The maximum atomic E-state index is 13.0. The second-order valence-corrected chi connectivity index (χ2v) is 10.1. The molecule has 0 radical (unpaired) electrons. The molecule has 2 heterocycles. The van der Waals surface area contributed by atoms with Crippen molar-refractivity contribution in [2.45, 2.75) is 50.6 Å². The molecule has 0 aromatic heterocycles. The van der Waals surface area contributed by atoms with Crippen LogP contribution in [0, 0.1) is 6.92 Å². The van der Waals surface area contributed by atoms with Gasteiger partial charge in [-0.05, 0) is 54.7 Å². The van der Waals surface area contributed by atoms with E-state index in [2.05, 4.69) is 5.32 Å². The Kier molecular flexibility index (Phi) is 5.85. The largest absolute Gasteiger partial charge is 0.350 e. The number of nitrogens with one attached hydrogen (secondary N) is 1. The monoisotopic (exact) mass is 441 g/mol. The number of aryl methyl sites for hydroxylation is 1. The number of anilines is 1. The maximum Gasteiger partial charge on any atom is 0.243 e. The van der Waals surface area contributed by atoms with Crippen LogP contribution in [0.1, 0.15) is 36.5 Å². The molecule has 0 saturated carbocycles. The van der Waals surface area contributed by atoms with Crippen molar-refractivity contribution in [3.63, 3.8) is 0 Å². The molecule has 1 atom stereocenters. The number of rotatable bonds is 5. The predicted octanol–water partition coefficient (Wildman–Crippen LogP) is 2.37. The third-order valence-corrected chi connectivity index (χ3v) is 7.99. The van der Waals surface area contributed by atoms with Crippen LogP contribution in [0.4, 0.5) is 5.69 Å². The number of amides is 2. The van der Waals surface area contributed by atoms with E-state index in [0.717, 1.165) is 24.0 Å². The summed E-state index contributed by atoms with van der Waals surface area (Å²) in [4.78, 5) is 27.0. The number of benzene rings is 2. The molecule has 0 bridgehead atoms. The fourth-order valence-electron chi connectivity index (χ4n) is 4.37. The van der Waals surface area contributed by atoms with Crippen LogP contribution in [0.5, 0.6) is 0 Å². The fraction of sp³-hybridized carbons (Fsp3) is 0.391. The summed E-state index contributed by atoms with van der Waals surface area (Å²) < 4.78 is 27.3. The third-order valence-electron chi connectivity index (χ3n) is 6.09. The van der Waals surface area contributed by atoms with Gasteiger partial charge in [0.1, 0.15) is 6.04 Å². The van der Waals surface area contributed by atoms with Crippen LogP contribution in [-0.2, 0) is 32.6 Å². The minimum absolute atomic E-state index is 0.220. The van der Waals surface area contributed by atoms with Crippen LogP contribution in [0.3, 0.4) is 0 Å². The van der Waals surface area contributed by atoms with Gasteiger partial charge in [0.15, 0.2) is 0 Å². The first-order valence-corrected chi connectivity index (χ1v) is 12.0. The van der Waals surface area contributed by atoms with Gasteiger partial charge in [0.25, 0.3) is 0 Å². The van der Waals surface area contributed by atoms with Gasteiger partial charge in [-0.1, -0.05) is 24.3 Å². The number of hydrogen-bond donors (Lipinski definition) is 1. The van der Waals surface area contributed by atoms with Gasteiger partial charge < -0.3 is 5.32 Å². The summed E-state index contributed by atoms with van der Waals surface area (Å²) in [6.45, 7) is 4.84. The highest BCUT2D eigenvalue weighted by atomic mass is 32.2. The third kappa shape index (κ3) is 4.09. The molecule has 2 aliphatic heterocycles. The first-order chi connectivity index (χ1) is 14.8. The van der Waals surface area contributed by atoms with E-state index in [0.29, 0.717) is 30.9 Å². The highest BCUT2D eigenvalue weighted by Crippen LogP contribution is 2.35. The van der Waals surface area contributed by atoms with Crippen molar-refractivity contribution in [3.05, 3.63) is 59.2 Å². The lowest BCUT2D eigenvalue weighted by molar-refractivity contribution is -0.125. The molecule has 1 unspecified atom stereocenters. The minimum Gasteiger partial charge on any atom is -0.350 e. The molecule has 0 aliphatic carbocycles. The number of nitrogens with zero attached hydrogens (tertiary/aromatic N) is 2. The van der Waals surface area contributed by atoms with E-state index < -0.39 is 16.1 Å². The summed E-state index contributed by atoms with van der Waals surface area (Å²) in [6, 6.07) is 11.9. The standard InChI is InChI=1S/C23H27N3O4S/c1-16-7-3-4-8-18(16)15-24-23(28)22-14-19-13-20(9-10-21(19)26(22)17(2)27)31(29,30)25-11-5-6-12-25/h3-4,7-10,13,22H,5-6,11-12,14-15H2,1-2H3,(H,24,28). The molecule has 31 heavy (non-hydrogen) atoms. The topological polar surface area (TPSA) is 86.8 Å². The van der Waals surface area contributed by atoms with E-state index >= 15 is 0 Å². The van der Waals surface area contributed by atoms with Crippen LogP contribution in [-0.4, -0.2) is 43.7 Å². The molecule has 2 aromatic carbocycles. The molecule has 2 aromatic rings. The first-order valence-electron chi connectivity index (χ1n) is 10.5. The van der Waals surface area contributed by atoms with Gasteiger partial charge in [0, 0.05) is 38.7 Å². The van der Waals surface area contributed by atoms with Gasteiger partial charge in [-0.15, -0.1) is 0 Å². The van der Waals surface area contributed by atoms with E-state index in [1.165, 1.54) is 22.2 Å². The first kappa shape index (κ1) is 21.5. The normalized spacial score (nSPS) is 18.8. The van der Waals surface area contributed by atoms with Crippen LogP contribution in [0.15, 0.2) is 47.4 Å². The Morgan fingerprint density at radius 2 is 1.81 bits per heavy atom. The highest BCUT2D eigenvalue weighted by molar-refractivity contribution is 7.89. The minimum atomic E-state index is -3.56. The Labute approximate surface area is 183 Å². The number of carbonyl (C=O) groups excluding carboxylic acids is 2. The molecular formula is C23H27N3O4S. The lowest BCUT2D eigenvalue weighted by atomic mass is 10.1. The number of fused-ring (bicyclic) bond motifs is 1. The molecule has 8 heteroatoms. The van der Waals surface area contributed by atoms with E-state index in [-0.39, 0.29) is 23.1 Å². The van der Waals surface area contributed by atoms with E-state index in [4.69, 9.17) is 0 Å². The lowest BCUT2D eigenvalue weighted by Crippen LogP contribution is -2.47. The summed E-state index contributed by atoms with van der Waals surface area (Å²) in [6.07, 6.45) is 2.02. The zero-order chi connectivity index (χ0) is 22.2. The summed E-state index contributed by atoms with van der Waals surface area (Å²) >= 11 is 0. The van der Waals surface area contributed by atoms with E-state index in [1.54, 1.807) is 12.1 Å². The SMILES string of the molecule is CC(=O)N1c2ccc(S(=O)(=O)N3CCCC3)cc2CC1C(=O)NCc1ccccc1C. The Morgan fingerprint density at radius 1 is 1.10 bits per heavy atom. The summed E-state index contributed by atoms with van der Waals surface area (Å²) in [7, 11) is -3.56. The molecule has 1 fully saturated rings. The second kappa shape index (κ2) is 8.43. The predicted molar refractivity (Wildman–Crippen MR) is 118 cm³/mol. The smallest absolute Gasteiger partial charge is 0.243 e. The maximum absolute atomic E-state index is 13.0. The average Bonchev–Trinajstić information content (AvgIpc) is 3.40. The molecule has 0 spiro atoms. The van der Waals surface area contributed by atoms with Crippen molar-refractivity contribution in [2.24, 2.45) is 0 Å². The molecule has 2 amide bonds. The Morgan fingerprint density at radius 3 is 2.48 bits per heavy atom. The number of sulfonamides is 1. The Bertz CT molecular complexity index is 1120. The van der Waals surface area contributed by atoms with Gasteiger partial charge in [0.2, 0.25) is 21.8 Å². The van der Waals surface area contributed by atoms with Gasteiger partial charge in [-0.2, -0.15) is 4.31 Å². The molecule has 4 rings (SSSR count). The summed E-state index contributed by atoms with van der Waals surface area (Å²) in [5, 5.41) is 2.93. The van der Waals surface area contributed by atoms with Crippen LogP contribution in [0.2, 0.25) is 0 Å². The van der Waals surface area contributed by atoms with Crippen molar-refractivity contribution >= 4 is 27.5 Å². The van der Waals surface area contributed by atoms with Gasteiger partial charge in [0.05, 0.1) is 4.90 Å². The Balaban J connectivity index is 1.56. The molecule has 2 aliphatic rings. The number of hydrogen-bond acceptors (Lipinski definition) is 4. The summed E-state index contributed by atoms with van der Waals surface area (Å²) in [5.74, 6) is -0.497. The highest BCUT2D eigenvalue weighted by Gasteiger charge is 2.38. The zero-order valence-electron chi connectivity index (χ0n) is 17.8. The van der Waals surface area contributed by atoms with E-state index in [1.807, 2.05) is 31.2 Å². The molecule has 7 nitrogen and oxygen atoms in total. The molecular weight excluding hydrogens is 414 g/mol. The van der Waals surface area contributed by atoms with Gasteiger partial charge in [-0.3, -0.25) is 14.5 Å². The molecule has 1 N–H and O–H groups in total. The average molecular weight is 442 g/mol. The van der Waals surface area contributed by atoms with Crippen LogP contribution in [0.25, 0.3) is 0 Å². The molecule has 164 valence electrons. The Hall–Kier alpha value is -2.71. The van der Waals surface area contributed by atoms with Gasteiger partial charge >= 0.3 is 0 Å². The van der Waals surface area contributed by atoms with Crippen LogP contribution < -0.4 is 10.2 Å². The van der Waals surface area contributed by atoms with Crippen molar-refractivity contribution in [1.82, 2.24) is 9.62 Å². The van der Waals surface area contributed by atoms with E-state index in [9.17, 15) is 18.0 Å². The van der Waals surface area contributed by atoms with Crippen molar-refractivity contribution in [2.75, 3.05) is 18.0 Å². The van der Waals surface area contributed by atoms with Gasteiger partial charge in [-0.25, -0.2) is 8.42 Å². The number of carbonyl (C=O) groups is 2. The van der Waals surface area contributed by atoms with Crippen molar-refractivity contribution in [3.8, 4) is 0 Å². The van der Waals surface area contributed by atoms with Crippen molar-refractivity contribution < 1.29 is 18.0 Å². The van der Waals surface area contributed by atoms with Crippen LogP contribution >= 0.6 is 0 Å².